The van der Waals surface area contributed by atoms with E-state index < -0.39 is 0 Å². The van der Waals surface area contributed by atoms with Gasteiger partial charge in [-0.1, -0.05) is 382 Å². The number of hydrogen-bond acceptors (Lipinski definition) is 12. The molecule has 0 fully saturated rings. The third kappa shape index (κ3) is 16.7. The molecule has 0 spiro atoms. The summed E-state index contributed by atoms with van der Waals surface area (Å²) < 4.78 is 19.2. The molecule has 0 radical (unpaired) electrons. The average Bonchev–Trinajstić information content (AvgIpc) is 1.76. The molecule has 9 aromatic heterocycles. The van der Waals surface area contributed by atoms with Crippen LogP contribution in [0.5, 0.6) is 0 Å². The molecule has 0 aliphatic rings. The molecule has 0 unspecified atom stereocenters. The lowest BCUT2D eigenvalue weighted by Crippen LogP contribution is -1.97. The highest BCUT2D eigenvalue weighted by Crippen LogP contribution is 2.46. The zero-order valence-corrected chi connectivity index (χ0v) is 80.3. The van der Waals surface area contributed by atoms with E-state index in [1.54, 1.807) is 6.20 Å². The van der Waals surface area contributed by atoms with Crippen molar-refractivity contribution < 1.29 is 13.3 Å². The predicted molar refractivity (Wildman–Crippen MR) is 610 cm³/mol. The number of rotatable bonds is 15. The van der Waals surface area contributed by atoms with E-state index in [1.807, 2.05) is 116 Å². The molecule has 0 aliphatic carbocycles. The van der Waals surface area contributed by atoms with Gasteiger partial charge in [-0.05, 0) is 201 Å². The van der Waals surface area contributed by atoms with Crippen molar-refractivity contribution in [1.29, 1.82) is 0 Å². The van der Waals surface area contributed by atoms with Crippen molar-refractivity contribution in [2.75, 3.05) is 0 Å². The third-order valence-corrected chi connectivity index (χ3v) is 28.4. The average molecular weight is 1910 g/mol. The van der Waals surface area contributed by atoms with Crippen molar-refractivity contribution in [1.82, 2.24) is 44.9 Å². The first-order valence-corrected chi connectivity index (χ1v) is 49.9. The van der Waals surface area contributed by atoms with Crippen LogP contribution < -0.4 is 0 Å². The molecule has 696 valence electrons. The van der Waals surface area contributed by atoms with Gasteiger partial charge in [0, 0.05) is 119 Å². The van der Waals surface area contributed by atoms with E-state index in [0.717, 1.165) is 211 Å². The Labute approximate surface area is 856 Å². The zero-order chi connectivity index (χ0) is 98.6. The van der Waals surface area contributed by atoms with Crippen LogP contribution in [-0.4, -0.2) is 44.9 Å². The van der Waals surface area contributed by atoms with E-state index in [9.17, 15) is 0 Å². The molecule has 0 bridgehead atoms. The van der Waals surface area contributed by atoms with Crippen LogP contribution >= 0.6 is 0 Å². The van der Waals surface area contributed by atoms with E-state index >= 15 is 0 Å². The summed E-state index contributed by atoms with van der Waals surface area (Å²) >= 11 is 0. The van der Waals surface area contributed by atoms with E-state index in [2.05, 4.69) is 409 Å². The molecule has 12 nitrogen and oxygen atoms in total. The molecule has 0 saturated carbocycles. The Balaban J connectivity index is 0.000000110. The molecule has 20 aromatic carbocycles. The zero-order valence-electron chi connectivity index (χ0n) is 80.3. The summed E-state index contributed by atoms with van der Waals surface area (Å²) in [6.07, 6.45) is 9.14. The molecule has 12 heteroatoms. The van der Waals surface area contributed by atoms with Crippen molar-refractivity contribution in [3.63, 3.8) is 0 Å². The Bertz CT molecular complexity index is 10200. The summed E-state index contributed by atoms with van der Waals surface area (Å²) in [5.74, 6) is 1.91. The number of fused-ring (bicyclic) bond motifs is 16. The molecule has 29 rings (SSSR count). The van der Waals surface area contributed by atoms with Gasteiger partial charge in [-0.25, -0.2) is 29.9 Å². The normalized spacial score (nSPS) is 11.5. The van der Waals surface area contributed by atoms with Crippen LogP contribution in [0, 0.1) is 0 Å². The highest BCUT2D eigenvalue weighted by atomic mass is 16.3. The van der Waals surface area contributed by atoms with Crippen LogP contribution in [0.1, 0.15) is 0 Å². The Morgan fingerprint density at radius 3 is 1.01 bits per heavy atom. The van der Waals surface area contributed by atoms with Gasteiger partial charge in [-0.2, -0.15) is 0 Å². The Morgan fingerprint density at radius 2 is 0.483 bits per heavy atom. The second-order valence-electron chi connectivity index (χ2n) is 37.3. The van der Waals surface area contributed by atoms with Crippen molar-refractivity contribution in [2.45, 2.75) is 0 Å². The third-order valence-electron chi connectivity index (χ3n) is 28.4. The minimum Gasteiger partial charge on any atom is -0.455 e. The van der Waals surface area contributed by atoms with Crippen LogP contribution in [0.15, 0.2) is 530 Å². The van der Waals surface area contributed by atoms with Gasteiger partial charge in [0.25, 0.3) is 0 Å². The Hall–Kier alpha value is -20.2. The van der Waals surface area contributed by atoms with Gasteiger partial charge in [0.2, 0.25) is 0 Å². The minimum atomic E-state index is 0.614. The quantitative estimate of drug-likeness (QED) is 0.0897. The molecule has 0 aliphatic heterocycles. The minimum absolute atomic E-state index is 0.614. The van der Waals surface area contributed by atoms with Gasteiger partial charge in [0.1, 0.15) is 33.5 Å². The smallest absolute Gasteiger partial charge is 0.164 e. The number of nitrogens with zero attached hydrogens (tertiary/aromatic N) is 9. The highest BCUT2D eigenvalue weighted by Gasteiger charge is 2.24. The summed E-state index contributed by atoms with van der Waals surface area (Å²) in [4.78, 5) is 44.3. The van der Waals surface area contributed by atoms with Crippen LogP contribution in [0.2, 0.25) is 0 Å². The maximum Gasteiger partial charge on any atom is 0.164 e. The predicted octanol–water partition coefficient (Wildman–Crippen LogP) is 36.1. The molecule has 0 N–H and O–H groups in total. The Morgan fingerprint density at radius 1 is 0.141 bits per heavy atom. The monoisotopic (exact) mass is 1900 g/mol. The molecule has 9 heterocycles. The summed E-state index contributed by atoms with van der Waals surface area (Å²) in [5.41, 5.74) is 32.1. The van der Waals surface area contributed by atoms with Crippen LogP contribution in [0.3, 0.4) is 0 Å². The van der Waals surface area contributed by atoms with Crippen molar-refractivity contribution in [3.8, 4) is 169 Å². The number of benzene rings is 20. The molecule has 0 amide bonds. The van der Waals surface area contributed by atoms with Crippen molar-refractivity contribution >= 4 is 120 Å². The van der Waals surface area contributed by atoms with Gasteiger partial charge in [-0.3, -0.25) is 15.0 Å². The molecule has 0 atom stereocenters. The van der Waals surface area contributed by atoms with Gasteiger partial charge in [0.05, 0.1) is 51.0 Å². The topological polar surface area (TPSA) is 155 Å². The highest BCUT2D eigenvalue weighted by molar-refractivity contribution is 6.17. The van der Waals surface area contributed by atoms with E-state index in [1.165, 1.54) is 59.6 Å². The SMILES string of the molecule is c1ccc(-c2cccc(-c3cc(-c4ccc(-c5cccc6c5oc5ccccc56)cc4)nc(-c4ccc(-c5cccc6ccccc56)cc4)n3)c2)nc1.c1ccc2c(c1)cc(-c1cc(-c3ccc(-c4ccncc4)cc3)nc(-c3cccc4c3oc3ccccc34)n1)c1ccccc12.c1cncc(-c2cccc(-c3cc(-c4ccc(-c5cc6ccccc6c6ccccc56)cc4)nc(-c4cccc5c4oc4ccccc45)n3)c2)c1. The first kappa shape index (κ1) is 87.8. The van der Waals surface area contributed by atoms with Crippen molar-refractivity contribution in [3.05, 3.63) is 516 Å². The second kappa shape index (κ2) is 37.9. The van der Waals surface area contributed by atoms with Crippen LogP contribution in [0.4, 0.5) is 0 Å². The standard InChI is InChI=1S/C49H31N3O.C47H29N3O.C41H25N3O/c1-2-14-39-32(10-1)11-8-16-40(39)33-23-27-36(28-24-33)49-51-45(31-46(52-49)38-13-7-12-37(30-38)44-19-5-6-29-50-44)35-25-21-34(22-26-35)41-17-9-18-43-42-15-3-4-20-47(42)53-48(41)43;1-2-14-36-33(10-1)27-42(38-16-4-3-15-37(36)38)30-21-23-31(24-22-30)43-28-44(34-12-7-11-32(26-34)35-13-9-25-48-29-35)50-47(49-43)41-19-8-18-40-39-17-5-6-20-45(39)51-46(40)41;1-2-9-30-29(8-1)24-36(32-11-4-3-10-31(30)32)38-25-37(28-18-16-26(17-19-28)27-20-22-42-23-21-27)43-41(44-38)35-14-7-13-34-33-12-5-6-15-39(33)45-40(34)35/h1-31H;1-29H;1-25H. The lowest BCUT2D eigenvalue weighted by Gasteiger charge is -2.13. The summed E-state index contributed by atoms with van der Waals surface area (Å²) in [6, 6.07) is 169. The van der Waals surface area contributed by atoms with E-state index in [-0.39, 0.29) is 0 Å². The lowest BCUT2D eigenvalue weighted by molar-refractivity contribution is 0.669. The number of para-hydroxylation sites is 6. The first-order chi connectivity index (χ1) is 73.8. The molecule has 149 heavy (non-hydrogen) atoms. The number of pyridine rings is 3. The van der Waals surface area contributed by atoms with Gasteiger partial charge in [-0.15, -0.1) is 0 Å². The van der Waals surface area contributed by atoms with E-state index in [4.69, 9.17) is 43.2 Å². The fourth-order valence-corrected chi connectivity index (χ4v) is 21.0. The van der Waals surface area contributed by atoms with Crippen LogP contribution in [-0.2, 0) is 0 Å². The summed E-state index contributed by atoms with van der Waals surface area (Å²) in [5, 5.41) is 18.7. The largest absolute Gasteiger partial charge is 0.455 e. The molecule has 29 aromatic rings. The second-order valence-corrected chi connectivity index (χ2v) is 37.3. The fraction of sp³-hybridized carbons (Fsp3) is 0. The van der Waals surface area contributed by atoms with Crippen LogP contribution in [0.25, 0.3) is 288 Å². The molecular formula is C137H85N9O3. The summed E-state index contributed by atoms with van der Waals surface area (Å²) in [7, 11) is 0. The van der Waals surface area contributed by atoms with Gasteiger partial charge >= 0.3 is 0 Å². The summed E-state index contributed by atoms with van der Waals surface area (Å²) in [6.45, 7) is 0. The number of aromatic nitrogens is 9. The number of hydrogen-bond donors (Lipinski definition) is 0. The molecular weight excluding hydrogens is 1820 g/mol. The van der Waals surface area contributed by atoms with Crippen molar-refractivity contribution in [2.24, 2.45) is 0 Å². The Kier molecular flexibility index (Phi) is 22.3. The van der Waals surface area contributed by atoms with Gasteiger partial charge in [0.15, 0.2) is 17.5 Å². The number of furan rings is 3. The maximum atomic E-state index is 6.45. The molecule has 0 saturated heterocycles. The lowest BCUT2D eigenvalue weighted by atomic mass is 9.92. The first-order valence-electron chi connectivity index (χ1n) is 49.9. The van der Waals surface area contributed by atoms with Gasteiger partial charge < -0.3 is 13.3 Å². The van der Waals surface area contributed by atoms with E-state index in [0.29, 0.717) is 17.5 Å². The maximum absolute atomic E-state index is 6.45. The fourth-order valence-electron chi connectivity index (χ4n) is 21.0.